The van der Waals surface area contributed by atoms with Gasteiger partial charge in [-0.3, -0.25) is 0 Å². The maximum Gasteiger partial charge on any atom is 0.233 e. The molecule has 0 spiro atoms. The first-order chi connectivity index (χ1) is 16.3. The maximum absolute atomic E-state index is 4.90. The van der Waals surface area contributed by atoms with E-state index in [0.29, 0.717) is 5.95 Å². The monoisotopic (exact) mass is 438 g/mol. The van der Waals surface area contributed by atoms with Crippen molar-refractivity contribution < 1.29 is 0 Å². The van der Waals surface area contributed by atoms with E-state index in [1.54, 1.807) is 0 Å². The van der Waals surface area contributed by atoms with Crippen LogP contribution in [0.3, 0.4) is 0 Å². The van der Waals surface area contributed by atoms with Gasteiger partial charge in [-0.2, -0.15) is 15.0 Å². The summed E-state index contributed by atoms with van der Waals surface area (Å²) in [4.78, 5) is 19.2. The average Bonchev–Trinajstić information content (AvgIpc) is 2.88. The normalized spacial score (nSPS) is 17.0. The van der Waals surface area contributed by atoms with Gasteiger partial charge in [0.25, 0.3) is 0 Å². The Kier molecular flexibility index (Phi) is 5.42. The van der Waals surface area contributed by atoms with Gasteiger partial charge in [0, 0.05) is 31.9 Å². The van der Waals surface area contributed by atoms with E-state index in [9.17, 15) is 0 Å². The van der Waals surface area contributed by atoms with Crippen molar-refractivity contribution in [3.63, 3.8) is 0 Å². The largest absolute Gasteiger partial charge is 0.341 e. The number of fused-ring (bicyclic) bond motifs is 2. The molecule has 4 aromatic rings. The minimum atomic E-state index is 0.631. The molecule has 2 aliphatic heterocycles. The second-order valence-electron chi connectivity index (χ2n) is 9.24. The van der Waals surface area contributed by atoms with Crippen LogP contribution in [0.15, 0.2) is 54.6 Å². The SMILES string of the molecule is c1ccc2cc3cc(Nc4nc(N5CCCCC5)nc(N5CCCCC5)n4)ccc3cc2c1. The number of nitrogens with one attached hydrogen (secondary N) is 1. The quantitative estimate of drug-likeness (QED) is 0.400. The molecular weight excluding hydrogens is 408 g/mol. The number of nitrogens with zero attached hydrogens (tertiary/aromatic N) is 5. The van der Waals surface area contributed by atoms with Crippen molar-refractivity contribution in [2.24, 2.45) is 0 Å². The zero-order valence-electron chi connectivity index (χ0n) is 19.0. The summed E-state index contributed by atoms with van der Waals surface area (Å²) in [6.45, 7) is 4.08. The van der Waals surface area contributed by atoms with Crippen LogP contribution in [0, 0.1) is 0 Å². The molecule has 33 heavy (non-hydrogen) atoms. The molecule has 0 aliphatic carbocycles. The standard InChI is InChI=1S/C27H30N6/c1-5-13-32(14-6-1)26-29-25(30-27(31-26)33-15-7-2-8-16-33)28-24-12-11-22-17-20-9-3-4-10-21(20)18-23(22)19-24/h3-4,9-12,17-19H,1-2,5-8,13-16H2,(H,28,29,30,31). The number of piperidine rings is 2. The predicted molar refractivity (Wildman–Crippen MR) is 137 cm³/mol. The highest BCUT2D eigenvalue weighted by atomic mass is 15.4. The van der Waals surface area contributed by atoms with Gasteiger partial charge in [0.1, 0.15) is 0 Å². The highest BCUT2D eigenvalue weighted by Gasteiger charge is 2.20. The Hall–Kier alpha value is -3.41. The Morgan fingerprint density at radius 3 is 1.70 bits per heavy atom. The van der Waals surface area contributed by atoms with Crippen LogP contribution >= 0.6 is 0 Å². The van der Waals surface area contributed by atoms with Crippen LogP contribution in [0.25, 0.3) is 21.5 Å². The van der Waals surface area contributed by atoms with Gasteiger partial charge in [-0.05, 0) is 84.3 Å². The molecule has 0 radical (unpaired) electrons. The summed E-state index contributed by atoms with van der Waals surface area (Å²) in [5.41, 5.74) is 0.998. The Labute approximate surface area is 194 Å². The van der Waals surface area contributed by atoms with Crippen molar-refractivity contribution in [3.05, 3.63) is 54.6 Å². The summed E-state index contributed by atoms with van der Waals surface area (Å²) in [5.74, 6) is 2.24. The maximum atomic E-state index is 4.90. The topological polar surface area (TPSA) is 57.2 Å². The van der Waals surface area contributed by atoms with Gasteiger partial charge in [-0.1, -0.05) is 30.3 Å². The van der Waals surface area contributed by atoms with E-state index in [-0.39, 0.29) is 0 Å². The van der Waals surface area contributed by atoms with Crippen LogP contribution in [-0.4, -0.2) is 41.1 Å². The summed E-state index contributed by atoms with van der Waals surface area (Å²) < 4.78 is 0. The van der Waals surface area contributed by atoms with Crippen LogP contribution in [0.1, 0.15) is 38.5 Å². The van der Waals surface area contributed by atoms with Gasteiger partial charge in [-0.25, -0.2) is 0 Å². The molecule has 168 valence electrons. The molecule has 0 atom stereocenters. The van der Waals surface area contributed by atoms with E-state index in [1.807, 2.05) is 0 Å². The van der Waals surface area contributed by atoms with Gasteiger partial charge >= 0.3 is 0 Å². The second kappa shape index (κ2) is 8.85. The Bertz CT molecular complexity index is 1240. The van der Waals surface area contributed by atoms with E-state index < -0.39 is 0 Å². The smallest absolute Gasteiger partial charge is 0.233 e. The fraction of sp³-hybridized carbons (Fsp3) is 0.370. The summed E-state index contributed by atoms with van der Waals surface area (Å²) >= 11 is 0. The number of hydrogen-bond donors (Lipinski definition) is 1. The van der Waals surface area contributed by atoms with E-state index in [2.05, 4.69) is 69.7 Å². The summed E-state index contributed by atoms with van der Waals surface area (Å²) in [6.07, 6.45) is 7.38. The van der Waals surface area contributed by atoms with Gasteiger partial charge in [0.15, 0.2) is 0 Å². The molecule has 2 aliphatic rings. The zero-order chi connectivity index (χ0) is 22.0. The molecule has 6 nitrogen and oxygen atoms in total. The minimum Gasteiger partial charge on any atom is -0.341 e. The Balaban J connectivity index is 1.35. The lowest BCUT2D eigenvalue weighted by molar-refractivity contribution is 0.556. The van der Waals surface area contributed by atoms with Crippen LogP contribution in [0.2, 0.25) is 0 Å². The van der Waals surface area contributed by atoms with Crippen LogP contribution in [0.5, 0.6) is 0 Å². The lowest BCUT2D eigenvalue weighted by Gasteiger charge is -2.30. The zero-order valence-corrected chi connectivity index (χ0v) is 19.0. The molecule has 3 aromatic carbocycles. The Morgan fingerprint density at radius 2 is 1.09 bits per heavy atom. The van der Waals surface area contributed by atoms with Crippen molar-refractivity contribution in [3.8, 4) is 0 Å². The summed E-state index contributed by atoms with van der Waals surface area (Å²) in [5, 5.41) is 8.45. The summed E-state index contributed by atoms with van der Waals surface area (Å²) in [7, 11) is 0. The number of benzene rings is 3. The third-order valence-electron chi connectivity index (χ3n) is 6.85. The lowest BCUT2D eigenvalue weighted by atomic mass is 10.0. The predicted octanol–water partition coefficient (Wildman–Crippen LogP) is 5.90. The molecule has 6 rings (SSSR count). The Morgan fingerprint density at radius 1 is 0.545 bits per heavy atom. The number of hydrogen-bond acceptors (Lipinski definition) is 6. The molecule has 1 aromatic heterocycles. The van der Waals surface area contributed by atoms with Crippen LogP contribution in [0.4, 0.5) is 23.5 Å². The van der Waals surface area contributed by atoms with Crippen molar-refractivity contribution in [1.29, 1.82) is 0 Å². The molecule has 1 N–H and O–H groups in total. The molecule has 0 saturated carbocycles. The molecule has 2 saturated heterocycles. The first kappa shape index (κ1) is 20.2. The van der Waals surface area contributed by atoms with Crippen molar-refractivity contribution >= 4 is 45.1 Å². The van der Waals surface area contributed by atoms with Crippen LogP contribution in [-0.2, 0) is 0 Å². The van der Waals surface area contributed by atoms with Gasteiger partial charge in [0.05, 0.1) is 0 Å². The molecule has 3 heterocycles. The van der Waals surface area contributed by atoms with Crippen molar-refractivity contribution in [2.75, 3.05) is 41.3 Å². The first-order valence-corrected chi connectivity index (χ1v) is 12.3. The fourth-order valence-electron chi connectivity index (χ4n) is 5.03. The van der Waals surface area contributed by atoms with Gasteiger partial charge < -0.3 is 15.1 Å². The highest BCUT2D eigenvalue weighted by molar-refractivity contribution is 5.99. The fourth-order valence-corrected chi connectivity index (χ4v) is 5.03. The molecule has 2 fully saturated rings. The van der Waals surface area contributed by atoms with E-state index >= 15 is 0 Å². The van der Waals surface area contributed by atoms with Gasteiger partial charge in [-0.15, -0.1) is 0 Å². The van der Waals surface area contributed by atoms with Crippen molar-refractivity contribution in [1.82, 2.24) is 15.0 Å². The number of anilines is 4. The lowest BCUT2D eigenvalue weighted by Crippen LogP contribution is -2.34. The molecule has 0 unspecified atom stereocenters. The third-order valence-corrected chi connectivity index (χ3v) is 6.85. The van der Waals surface area contributed by atoms with E-state index in [1.165, 1.54) is 60.1 Å². The second-order valence-corrected chi connectivity index (χ2v) is 9.24. The molecule has 6 heteroatoms. The van der Waals surface area contributed by atoms with E-state index in [4.69, 9.17) is 15.0 Å². The molecular formula is C27H30N6. The third kappa shape index (κ3) is 4.30. The molecule has 0 bridgehead atoms. The highest BCUT2D eigenvalue weighted by Crippen LogP contribution is 2.28. The van der Waals surface area contributed by atoms with Crippen LogP contribution < -0.4 is 15.1 Å². The van der Waals surface area contributed by atoms with E-state index in [0.717, 1.165) is 43.8 Å². The number of aromatic nitrogens is 3. The molecule has 0 amide bonds. The van der Waals surface area contributed by atoms with Crippen molar-refractivity contribution in [2.45, 2.75) is 38.5 Å². The summed E-state index contributed by atoms with van der Waals surface area (Å²) in [6, 6.07) is 19.5. The minimum absolute atomic E-state index is 0.631. The number of rotatable bonds is 4. The average molecular weight is 439 g/mol. The first-order valence-electron chi connectivity index (χ1n) is 12.3. The van der Waals surface area contributed by atoms with Gasteiger partial charge in [0.2, 0.25) is 17.8 Å².